The lowest BCUT2D eigenvalue weighted by atomic mass is 10.1. The SMILES string of the molecule is Cl.O=S(=O)(c1c(F)cccc1Cl)N1CCC2CCC(C1)N2. The number of nitrogens with one attached hydrogen (secondary N) is 1. The molecule has 2 unspecified atom stereocenters. The van der Waals surface area contributed by atoms with Gasteiger partial charge in [0.25, 0.3) is 0 Å². The second-order valence-electron chi connectivity index (χ2n) is 5.34. The maximum absolute atomic E-state index is 13.9. The average molecular weight is 355 g/mol. The van der Waals surface area contributed by atoms with E-state index in [0.29, 0.717) is 19.1 Å². The minimum atomic E-state index is -3.88. The summed E-state index contributed by atoms with van der Waals surface area (Å²) in [4.78, 5) is -0.403. The summed E-state index contributed by atoms with van der Waals surface area (Å²) >= 11 is 5.89. The Morgan fingerprint density at radius 3 is 2.67 bits per heavy atom. The summed E-state index contributed by atoms with van der Waals surface area (Å²) in [6, 6.07) is 4.46. The Hall–Kier alpha value is -0.400. The molecular weight excluding hydrogens is 338 g/mol. The molecule has 8 heteroatoms. The van der Waals surface area contributed by atoms with Gasteiger partial charge in [-0.25, -0.2) is 12.8 Å². The van der Waals surface area contributed by atoms with Gasteiger partial charge in [0.05, 0.1) is 5.02 Å². The van der Waals surface area contributed by atoms with Crippen molar-refractivity contribution in [3.63, 3.8) is 0 Å². The number of nitrogens with zero attached hydrogens (tertiary/aromatic N) is 1. The summed E-state index contributed by atoms with van der Waals surface area (Å²) in [5, 5.41) is 3.34. The molecule has 2 heterocycles. The molecule has 0 aliphatic carbocycles. The quantitative estimate of drug-likeness (QED) is 0.887. The van der Waals surface area contributed by atoms with Crippen LogP contribution < -0.4 is 5.32 Å². The first kappa shape index (κ1) is 17.0. The van der Waals surface area contributed by atoms with Crippen LogP contribution >= 0.6 is 24.0 Å². The van der Waals surface area contributed by atoms with Crippen LogP contribution in [0.2, 0.25) is 5.02 Å². The minimum absolute atomic E-state index is 0. The Kier molecular flexibility index (Phi) is 5.15. The summed E-state index contributed by atoms with van der Waals surface area (Å²) in [6.07, 6.45) is 2.79. The van der Waals surface area contributed by atoms with Crippen molar-refractivity contribution in [1.29, 1.82) is 0 Å². The highest BCUT2D eigenvalue weighted by atomic mass is 35.5. The highest BCUT2D eigenvalue weighted by Crippen LogP contribution is 2.30. The first-order valence-electron chi connectivity index (χ1n) is 6.68. The van der Waals surface area contributed by atoms with Crippen molar-refractivity contribution in [2.75, 3.05) is 13.1 Å². The van der Waals surface area contributed by atoms with Crippen LogP contribution in [0.5, 0.6) is 0 Å². The largest absolute Gasteiger partial charge is 0.310 e. The molecule has 1 N–H and O–H groups in total. The highest BCUT2D eigenvalue weighted by molar-refractivity contribution is 7.89. The third-order valence-corrected chi connectivity index (χ3v) is 6.37. The van der Waals surface area contributed by atoms with Crippen LogP contribution in [0.4, 0.5) is 4.39 Å². The minimum Gasteiger partial charge on any atom is -0.310 e. The third-order valence-electron chi connectivity index (χ3n) is 4.00. The molecule has 2 bridgehead atoms. The van der Waals surface area contributed by atoms with Crippen molar-refractivity contribution in [3.8, 4) is 0 Å². The third kappa shape index (κ3) is 3.19. The van der Waals surface area contributed by atoms with E-state index in [0.717, 1.165) is 25.3 Å². The van der Waals surface area contributed by atoms with E-state index in [1.165, 1.54) is 16.4 Å². The normalized spacial score (nSPS) is 26.2. The molecule has 0 spiro atoms. The van der Waals surface area contributed by atoms with Gasteiger partial charge in [0.1, 0.15) is 10.7 Å². The number of sulfonamides is 1. The molecule has 0 aromatic heterocycles. The van der Waals surface area contributed by atoms with E-state index in [9.17, 15) is 12.8 Å². The van der Waals surface area contributed by atoms with E-state index in [4.69, 9.17) is 11.6 Å². The monoisotopic (exact) mass is 354 g/mol. The molecule has 0 radical (unpaired) electrons. The predicted octanol–water partition coefficient (Wildman–Crippen LogP) is 2.42. The Morgan fingerprint density at radius 1 is 1.24 bits per heavy atom. The molecule has 0 saturated carbocycles. The Labute approximate surface area is 135 Å². The summed E-state index contributed by atoms with van der Waals surface area (Å²) in [5.41, 5.74) is 0. The molecule has 4 nitrogen and oxygen atoms in total. The van der Waals surface area contributed by atoms with E-state index < -0.39 is 20.7 Å². The van der Waals surface area contributed by atoms with E-state index >= 15 is 0 Å². The fourth-order valence-electron chi connectivity index (χ4n) is 2.99. The molecule has 2 saturated heterocycles. The molecular formula is C13H17Cl2FN2O2S. The molecule has 2 aliphatic heterocycles. The van der Waals surface area contributed by atoms with Crippen molar-refractivity contribution in [2.45, 2.75) is 36.2 Å². The van der Waals surface area contributed by atoms with E-state index in [1.807, 2.05) is 0 Å². The van der Waals surface area contributed by atoms with Crippen LogP contribution in [0.15, 0.2) is 23.1 Å². The summed E-state index contributed by atoms with van der Waals surface area (Å²) < 4.78 is 40.5. The van der Waals surface area contributed by atoms with Gasteiger partial charge in [0.2, 0.25) is 10.0 Å². The second kappa shape index (κ2) is 6.38. The van der Waals surface area contributed by atoms with Crippen LogP contribution in [0.25, 0.3) is 0 Å². The van der Waals surface area contributed by atoms with Crippen LogP contribution in [0.1, 0.15) is 19.3 Å². The van der Waals surface area contributed by atoms with Gasteiger partial charge in [0, 0.05) is 25.2 Å². The fraction of sp³-hybridized carbons (Fsp3) is 0.538. The molecule has 118 valence electrons. The number of hydrogen-bond donors (Lipinski definition) is 1. The van der Waals surface area contributed by atoms with Gasteiger partial charge in [0.15, 0.2) is 0 Å². The molecule has 1 aromatic rings. The second-order valence-corrected chi connectivity index (χ2v) is 7.62. The summed E-state index contributed by atoms with van der Waals surface area (Å²) in [6.45, 7) is 0.782. The molecule has 2 aliphatic rings. The van der Waals surface area contributed by atoms with Crippen LogP contribution in [-0.2, 0) is 10.0 Å². The maximum atomic E-state index is 13.9. The van der Waals surface area contributed by atoms with Gasteiger partial charge in [-0.15, -0.1) is 12.4 Å². The van der Waals surface area contributed by atoms with E-state index in [-0.39, 0.29) is 23.5 Å². The van der Waals surface area contributed by atoms with Gasteiger partial charge in [-0.3, -0.25) is 0 Å². The van der Waals surface area contributed by atoms with Gasteiger partial charge >= 0.3 is 0 Å². The van der Waals surface area contributed by atoms with Crippen LogP contribution in [-0.4, -0.2) is 37.9 Å². The van der Waals surface area contributed by atoms with Crippen molar-refractivity contribution >= 4 is 34.0 Å². The molecule has 1 aromatic carbocycles. The van der Waals surface area contributed by atoms with Gasteiger partial charge in [-0.1, -0.05) is 17.7 Å². The zero-order valence-corrected chi connectivity index (χ0v) is 13.6. The topological polar surface area (TPSA) is 49.4 Å². The van der Waals surface area contributed by atoms with Gasteiger partial charge in [-0.05, 0) is 31.4 Å². The first-order chi connectivity index (χ1) is 9.48. The highest BCUT2D eigenvalue weighted by Gasteiger charge is 2.36. The lowest BCUT2D eigenvalue weighted by Crippen LogP contribution is -2.39. The summed E-state index contributed by atoms with van der Waals surface area (Å²) in [7, 11) is -3.88. The van der Waals surface area contributed by atoms with E-state index in [2.05, 4.69) is 5.32 Å². The van der Waals surface area contributed by atoms with Crippen molar-refractivity contribution < 1.29 is 12.8 Å². The Bertz CT molecular complexity index is 606. The summed E-state index contributed by atoms with van der Waals surface area (Å²) in [5.74, 6) is -0.792. The van der Waals surface area contributed by atoms with Crippen molar-refractivity contribution in [2.24, 2.45) is 0 Å². The van der Waals surface area contributed by atoms with Gasteiger partial charge < -0.3 is 5.32 Å². The molecule has 0 amide bonds. The Balaban J connectivity index is 0.00000161. The zero-order valence-electron chi connectivity index (χ0n) is 11.3. The number of fused-ring (bicyclic) bond motifs is 2. The molecule has 2 atom stereocenters. The molecule has 21 heavy (non-hydrogen) atoms. The van der Waals surface area contributed by atoms with Crippen LogP contribution in [0.3, 0.4) is 0 Å². The Morgan fingerprint density at radius 2 is 1.95 bits per heavy atom. The van der Waals surface area contributed by atoms with Crippen LogP contribution in [0, 0.1) is 5.82 Å². The standard InChI is InChI=1S/C13H16ClFN2O2S.ClH/c14-11-2-1-3-12(15)13(11)20(18,19)17-7-6-9-4-5-10(8-17)16-9;/h1-3,9-10,16H,4-8H2;1H. The smallest absolute Gasteiger partial charge is 0.247 e. The van der Waals surface area contributed by atoms with Crippen molar-refractivity contribution in [1.82, 2.24) is 9.62 Å². The molecule has 2 fully saturated rings. The average Bonchev–Trinajstić information content (AvgIpc) is 2.67. The maximum Gasteiger partial charge on any atom is 0.247 e. The number of rotatable bonds is 2. The van der Waals surface area contributed by atoms with Gasteiger partial charge in [-0.2, -0.15) is 4.31 Å². The lowest BCUT2D eigenvalue weighted by Gasteiger charge is -2.24. The predicted molar refractivity (Wildman–Crippen MR) is 82.0 cm³/mol. The lowest BCUT2D eigenvalue weighted by molar-refractivity contribution is 0.381. The number of hydrogen-bond acceptors (Lipinski definition) is 3. The number of benzene rings is 1. The molecule has 3 rings (SSSR count). The van der Waals surface area contributed by atoms with Crippen molar-refractivity contribution in [3.05, 3.63) is 29.0 Å². The fourth-order valence-corrected chi connectivity index (χ4v) is 5.05. The van der Waals surface area contributed by atoms with E-state index in [1.54, 1.807) is 0 Å². The number of halogens is 3. The first-order valence-corrected chi connectivity index (χ1v) is 8.50. The zero-order chi connectivity index (χ0) is 14.3.